The van der Waals surface area contributed by atoms with E-state index in [1.54, 1.807) is 0 Å². The number of nitrogens with two attached hydrogens (primary N) is 1. The maximum atomic E-state index is 12.7. The van der Waals surface area contributed by atoms with Crippen LogP contribution in [-0.2, 0) is 13.0 Å². The van der Waals surface area contributed by atoms with E-state index in [1.165, 1.54) is 17.8 Å². The molecule has 84 valence electrons. The fraction of sp³-hybridized carbons (Fsp3) is 0.231. The van der Waals surface area contributed by atoms with Crippen LogP contribution in [0.4, 0.5) is 4.39 Å². The summed E-state index contributed by atoms with van der Waals surface area (Å²) >= 11 is 0. The van der Waals surface area contributed by atoms with E-state index in [9.17, 15) is 4.39 Å². The first-order chi connectivity index (χ1) is 7.79. The van der Waals surface area contributed by atoms with Crippen molar-refractivity contribution in [3.63, 3.8) is 0 Å². The third-order valence-corrected chi connectivity index (χ3v) is 2.59. The number of rotatable bonds is 4. The highest BCUT2D eigenvalue weighted by Gasteiger charge is 2.01. The Hall–Kier alpha value is -1.61. The molecule has 0 unspecified atom stereocenters. The van der Waals surface area contributed by atoms with Crippen LogP contribution in [0.25, 0.3) is 0 Å². The van der Waals surface area contributed by atoms with Gasteiger partial charge in [0.05, 0.1) is 0 Å². The summed E-state index contributed by atoms with van der Waals surface area (Å²) in [4.78, 5) is 0. The second kappa shape index (κ2) is 4.94. The monoisotopic (exact) mass is 218 g/mol. The summed E-state index contributed by atoms with van der Waals surface area (Å²) in [5, 5.41) is 0. The molecule has 2 N–H and O–H groups in total. The molecule has 0 bridgehead atoms. The maximum Gasteiger partial charge on any atom is 0.123 e. The molecule has 0 saturated heterocycles. The van der Waals surface area contributed by atoms with Crippen molar-refractivity contribution in [2.45, 2.75) is 13.0 Å². The van der Waals surface area contributed by atoms with Gasteiger partial charge in [0.2, 0.25) is 0 Å². The minimum absolute atomic E-state index is 0.196. The Bertz CT molecular complexity index is 445. The second-order valence-corrected chi connectivity index (χ2v) is 3.79. The fourth-order valence-electron chi connectivity index (χ4n) is 1.77. The zero-order chi connectivity index (χ0) is 11.4. The van der Waals surface area contributed by atoms with Crippen LogP contribution in [-0.4, -0.2) is 11.1 Å². The Labute approximate surface area is 94.5 Å². The van der Waals surface area contributed by atoms with Crippen molar-refractivity contribution < 1.29 is 4.39 Å². The van der Waals surface area contributed by atoms with Gasteiger partial charge in [0, 0.05) is 18.4 Å². The molecular formula is C13H15FN2. The molecule has 0 amide bonds. The Morgan fingerprint density at radius 2 is 1.88 bits per heavy atom. The Kier molecular flexibility index (Phi) is 3.37. The highest BCUT2D eigenvalue weighted by atomic mass is 19.1. The first-order valence-electron chi connectivity index (χ1n) is 5.38. The van der Waals surface area contributed by atoms with Crippen LogP contribution in [0.15, 0.2) is 42.6 Å². The molecule has 1 aromatic heterocycles. The summed E-state index contributed by atoms with van der Waals surface area (Å²) < 4.78 is 14.9. The van der Waals surface area contributed by atoms with E-state index in [0.29, 0.717) is 6.54 Å². The zero-order valence-corrected chi connectivity index (χ0v) is 9.07. The van der Waals surface area contributed by atoms with Gasteiger partial charge in [-0.15, -0.1) is 0 Å². The van der Waals surface area contributed by atoms with Crippen LogP contribution in [0.1, 0.15) is 11.3 Å². The predicted molar refractivity (Wildman–Crippen MR) is 62.7 cm³/mol. The van der Waals surface area contributed by atoms with E-state index in [2.05, 4.69) is 10.6 Å². The molecule has 0 spiro atoms. The van der Waals surface area contributed by atoms with Gasteiger partial charge in [-0.2, -0.15) is 0 Å². The van der Waals surface area contributed by atoms with Gasteiger partial charge in [0.25, 0.3) is 0 Å². The predicted octanol–water partition coefficient (Wildman–Crippen LogP) is 2.18. The van der Waals surface area contributed by atoms with Gasteiger partial charge >= 0.3 is 0 Å². The van der Waals surface area contributed by atoms with Crippen LogP contribution in [0.5, 0.6) is 0 Å². The molecule has 0 fully saturated rings. The number of hydrogen-bond donors (Lipinski definition) is 1. The van der Waals surface area contributed by atoms with E-state index in [0.717, 1.165) is 18.5 Å². The number of halogens is 1. The van der Waals surface area contributed by atoms with E-state index < -0.39 is 0 Å². The quantitative estimate of drug-likeness (QED) is 0.837. The van der Waals surface area contributed by atoms with Crippen molar-refractivity contribution in [3.8, 4) is 0 Å². The van der Waals surface area contributed by atoms with Gasteiger partial charge in [-0.05, 0) is 42.8 Å². The molecule has 0 aliphatic heterocycles. The summed E-state index contributed by atoms with van der Waals surface area (Å²) in [6.45, 7) is 1.41. The van der Waals surface area contributed by atoms with Gasteiger partial charge in [0.1, 0.15) is 5.82 Å². The number of hydrogen-bond acceptors (Lipinski definition) is 1. The van der Waals surface area contributed by atoms with Crippen LogP contribution in [0.3, 0.4) is 0 Å². The molecule has 3 heteroatoms. The lowest BCUT2D eigenvalue weighted by Crippen LogP contribution is -2.09. The molecule has 2 nitrogen and oxygen atoms in total. The van der Waals surface area contributed by atoms with E-state index in [1.807, 2.05) is 24.4 Å². The molecule has 0 atom stereocenters. The van der Waals surface area contributed by atoms with Crippen molar-refractivity contribution in [2.24, 2.45) is 5.73 Å². The van der Waals surface area contributed by atoms with Crippen molar-refractivity contribution in [2.75, 3.05) is 6.54 Å². The summed E-state index contributed by atoms with van der Waals surface area (Å²) in [6.07, 6.45) is 2.89. The first kappa shape index (κ1) is 10.9. The van der Waals surface area contributed by atoms with Gasteiger partial charge in [-0.1, -0.05) is 12.1 Å². The summed E-state index contributed by atoms with van der Waals surface area (Å²) in [5.41, 5.74) is 7.85. The van der Waals surface area contributed by atoms with Crippen molar-refractivity contribution in [3.05, 3.63) is 59.7 Å². The molecule has 0 saturated carbocycles. The lowest BCUT2D eigenvalue weighted by Gasteiger charge is -2.08. The van der Waals surface area contributed by atoms with E-state index >= 15 is 0 Å². The van der Waals surface area contributed by atoms with Gasteiger partial charge < -0.3 is 10.3 Å². The highest BCUT2D eigenvalue weighted by molar-refractivity contribution is 5.18. The van der Waals surface area contributed by atoms with Crippen molar-refractivity contribution in [1.82, 2.24) is 4.57 Å². The fourth-order valence-corrected chi connectivity index (χ4v) is 1.77. The molecule has 2 aromatic rings. The third-order valence-electron chi connectivity index (χ3n) is 2.59. The lowest BCUT2D eigenvalue weighted by atomic mass is 10.2. The van der Waals surface area contributed by atoms with Gasteiger partial charge in [0.15, 0.2) is 0 Å². The highest BCUT2D eigenvalue weighted by Crippen LogP contribution is 2.09. The normalized spacial score (nSPS) is 10.6. The minimum Gasteiger partial charge on any atom is -0.347 e. The Morgan fingerprint density at radius 3 is 2.56 bits per heavy atom. The van der Waals surface area contributed by atoms with E-state index in [4.69, 9.17) is 5.73 Å². The smallest absolute Gasteiger partial charge is 0.123 e. The SMILES string of the molecule is NCCc1cccn1Cc1ccc(F)cc1. The lowest BCUT2D eigenvalue weighted by molar-refractivity contribution is 0.626. The molecule has 0 aliphatic rings. The molecule has 2 rings (SSSR count). The molecule has 0 radical (unpaired) electrons. The minimum atomic E-state index is -0.196. The Balaban J connectivity index is 2.13. The number of nitrogens with zero attached hydrogens (tertiary/aromatic N) is 1. The molecular weight excluding hydrogens is 203 g/mol. The number of benzene rings is 1. The molecule has 1 heterocycles. The average Bonchev–Trinajstić information content (AvgIpc) is 2.70. The summed E-state index contributed by atoms with van der Waals surface area (Å²) in [7, 11) is 0. The van der Waals surface area contributed by atoms with Gasteiger partial charge in [-0.25, -0.2) is 4.39 Å². The van der Waals surface area contributed by atoms with Crippen LogP contribution >= 0.6 is 0 Å². The van der Waals surface area contributed by atoms with Crippen LogP contribution in [0.2, 0.25) is 0 Å². The molecule has 1 aromatic carbocycles. The third kappa shape index (κ3) is 2.49. The average molecular weight is 218 g/mol. The topological polar surface area (TPSA) is 30.9 Å². The Morgan fingerprint density at radius 1 is 1.12 bits per heavy atom. The van der Waals surface area contributed by atoms with Gasteiger partial charge in [-0.3, -0.25) is 0 Å². The largest absolute Gasteiger partial charge is 0.347 e. The van der Waals surface area contributed by atoms with E-state index in [-0.39, 0.29) is 5.82 Å². The first-order valence-corrected chi connectivity index (χ1v) is 5.38. The van der Waals surface area contributed by atoms with Crippen molar-refractivity contribution >= 4 is 0 Å². The maximum absolute atomic E-state index is 12.7. The van der Waals surface area contributed by atoms with Crippen LogP contribution < -0.4 is 5.73 Å². The second-order valence-electron chi connectivity index (χ2n) is 3.79. The molecule has 16 heavy (non-hydrogen) atoms. The summed E-state index contributed by atoms with van der Waals surface area (Å²) in [6, 6.07) is 10.7. The van der Waals surface area contributed by atoms with Crippen LogP contribution in [0, 0.1) is 5.82 Å². The zero-order valence-electron chi connectivity index (χ0n) is 9.07. The summed E-state index contributed by atoms with van der Waals surface area (Å²) in [5.74, 6) is -0.196. The number of aromatic nitrogens is 1. The molecule has 0 aliphatic carbocycles. The van der Waals surface area contributed by atoms with Crippen molar-refractivity contribution in [1.29, 1.82) is 0 Å². The standard InChI is InChI=1S/C13H15FN2/c14-12-5-3-11(4-6-12)10-16-9-1-2-13(16)7-8-15/h1-6,9H,7-8,10,15H2.